The number of non-ortho nitro benzene ring substituents is 1. The Labute approximate surface area is 211 Å². The van der Waals surface area contributed by atoms with Crippen molar-refractivity contribution < 1.29 is 30.9 Å². The summed E-state index contributed by atoms with van der Waals surface area (Å²) in [6.07, 6.45) is 2.13. The second-order valence-corrected chi connectivity index (χ2v) is 8.59. The number of aromatic nitrogens is 2. The highest BCUT2D eigenvalue weighted by Crippen LogP contribution is 2.32. The summed E-state index contributed by atoms with van der Waals surface area (Å²) in [6.45, 7) is 2.83. The Balaban J connectivity index is 0.00000253. The molecule has 0 aliphatic rings. The fourth-order valence-corrected chi connectivity index (χ4v) is 4.72. The lowest BCUT2D eigenvalue weighted by atomic mass is 10.0. The summed E-state index contributed by atoms with van der Waals surface area (Å²) in [4.78, 5) is 10.6. The van der Waals surface area contributed by atoms with Crippen LogP contribution in [0, 0.1) is 10.1 Å². The van der Waals surface area contributed by atoms with E-state index < -0.39 is 0 Å². The van der Waals surface area contributed by atoms with Crippen LogP contribution in [0.15, 0.2) is 102 Å². The van der Waals surface area contributed by atoms with Gasteiger partial charge in [0.1, 0.15) is 23.8 Å². The normalized spacial score (nSPS) is 12.1. The van der Waals surface area contributed by atoms with E-state index >= 15 is 0 Å². The van der Waals surface area contributed by atoms with Gasteiger partial charge in [-0.1, -0.05) is 36.4 Å². The smallest absolute Gasteiger partial charge is 0.269 e. The molecule has 2 heterocycles. The van der Waals surface area contributed by atoms with Gasteiger partial charge in [0, 0.05) is 22.9 Å². The number of furan rings is 1. The van der Waals surface area contributed by atoms with Crippen molar-refractivity contribution >= 4 is 38.7 Å². The first-order valence-corrected chi connectivity index (χ1v) is 11.2. The van der Waals surface area contributed by atoms with Crippen molar-refractivity contribution in [2.24, 2.45) is 0 Å². The van der Waals surface area contributed by atoms with E-state index in [0.29, 0.717) is 6.54 Å². The monoisotopic (exact) mass is 527 g/mol. The third kappa shape index (κ3) is 3.98. The number of fused-ring (bicyclic) bond motifs is 4. The van der Waals surface area contributed by atoms with E-state index in [9.17, 15) is 10.1 Å². The minimum Gasteiger partial charge on any atom is -1.00 e. The van der Waals surface area contributed by atoms with Gasteiger partial charge in [-0.25, -0.2) is 9.13 Å². The molecule has 0 aliphatic carbocycles. The lowest BCUT2D eigenvalue weighted by molar-refractivity contribution is -0.663. The highest BCUT2D eigenvalue weighted by molar-refractivity contribution is 6.05. The first-order chi connectivity index (χ1) is 16.6. The summed E-state index contributed by atoms with van der Waals surface area (Å²) in [6, 6.07) is 29.7. The molecule has 0 aliphatic heterocycles. The Hall–Kier alpha value is -3.97. The molecule has 0 amide bonds. The number of rotatable bonds is 5. The van der Waals surface area contributed by atoms with Crippen LogP contribution in [0.1, 0.15) is 24.1 Å². The van der Waals surface area contributed by atoms with Crippen molar-refractivity contribution in [3.63, 3.8) is 0 Å². The Morgan fingerprint density at radius 1 is 0.914 bits per heavy atom. The topological polar surface area (TPSA) is 65.1 Å². The molecule has 6 aromatic rings. The maximum Gasteiger partial charge on any atom is 0.269 e. The Bertz CT molecular complexity index is 1690. The van der Waals surface area contributed by atoms with Crippen LogP contribution in [0.4, 0.5) is 5.69 Å². The highest BCUT2D eigenvalue weighted by atomic mass is 79.9. The van der Waals surface area contributed by atoms with Crippen molar-refractivity contribution in [2.45, 2.75) is 19.5 Å². The second-order valence-electron chi connectivity index (χ2n) is 8.59. The van der Waals surface area contributed by atoms with Gasteiger partial charge in [0.15, 0.2) is 11.0 Å². The predicted octanol–water partition coefficient (Wildman–Crippen LogP) is 3.40. The number of nitro benzene ring substituents is 1. The van der Waals surface area contributed by atoms with Crippen LogP contribution >= 0.6 is 0 Å². The maximum atomic E-state index is 11.0. The van der Waals surface area contributed by atoms with Crippen LogP contribution in [0.5, 0.6) is 0 Å². The van der Waals surface area contributed by atoms with E-state index in [4.69, 9.17) is 4.42 Å². The largest absolute Gasteiger partial charge is 1.00 e. The van der Waals surface area contributed by atoms with Gasteiger partial charge in [-0.15, -0.1) is 0 Å². The van der Waals surface area contributed by atoms with Crippen molar-refractivity contribution in [1.82, 2.24) is 4.57 Å². The SMILES string of the molecule is CC(c1ccc2oc3ccccc3c2c1)n1c[n+](Cc2ccc([N+](=O)[O-])cc2)c2ccccc21.[Br-]. The second kappa shape index (κ2) is 9.00. The zero-order valence-corrected chi connectivity index (χ0v) is 20.6. The van der Waals surface area contributed by atoms with E-state index in [1.165, 1.54) is 5.56 Å². The van der Waals surface area contributed by atoms with Gasteiger partial charge in [-0.2, -0.15) is 0 Å². The zero-order valence-electron chi connectivity index (χ0n) is 19.0. The van der Waals surface area contributed by atoms with Gasteiger partial charge in [-0.05, 0) is 60.5 Å². The van der Waals surface area contributed by atoms with E-state index in [1.807, 2.05) is 36.4 Å². The van der Waals surface area contributed by atoms with Gasteiger partial charge >= 0.3 is 0 Å². The van der Waals surface area contributed by atoms with Gasteiger partial charge in [0.05, 0.1) is 4.92 Å². The zero-order chi connectivity index (χ0) is 23.2. The fraction of sp³-hybridized carbons (Fsp3) is 0.107. The number of hydrogen-bond acceptors (Lipinski definition) is 3. The average molecular weight is 528 g/mol. The summed E-state index contributed by atoms with van der Waals surface area (Å²) < 4.78 is 10.5. The molecular weight excluding hydrogens is 506 g/mol. The van der Waals surface area contributed by atoms with E-state index in [1.54, 1.807) is 12.1 Å². The molecule has 0 N–H and O–H groups in total. The summed E-state index contributed by atoms with van der Waals surface area (Å²) in [5.41, 5.74) is 6.35. The highest BCUT2D eigenvalue weighted by Gasteiger charge is 2.22. The molecule has 0 radical (unpaired) electrons. The first-order valence-electron chi connectivity index (χ1n) is 11.2. The molecule has 1 unspecified atom stereocenters. The third-order valence-corrected chi connectivity index (χ3v) is 6.53. The molecule has 0 saturated heterocycles. The summed E-state index contributed by atoms with van der Waals surface area (Å²) in [7, 11) is 0. The minimum atomic E-state index is -0.371. The predicted molar refractivity (Wildman–Crippen MR) is 132 cm³/mol. The Morgan fingerprint density at radius 2 is 1.63 bits per heavy atom. The van der Waals surface area contributed by atoms with Gasteiger partial charge < -0.3 is 21.4 Å². The molecule has 6 nitrogen and oxygen atoms in total. The first kappa shape index (κ1) is 22.8. The number of para-hydroxylation sites is 3. The number of imidazole rings is 1. The minimum absolute atomic E-state index is 0. The third-order valence-electron chi connectivity index (χ3n) is 6.53. The fourth-order valence-electron chi connectivity index (χ4n) is 4.72. The molecule has 2 aromatic heterocycles. The summed E-state index contributed by atoms with van der Waals surface area (Å²) in [5.74, 6) is 0. The summed E-state index contributed by atoms with van der Waals surface area (Å²) >= 11 is 0. The Kier molecular flexibility index (Phi) is 5.86. The van der Waals surface area contributed by atoms with Crippen LogP contribution in [0.2, 0.25) is 0 Å². The van der Waals surface area contributed by atoms with Gasteiger partial charge in [0.2, 0.25) is 6.33 Å². The molecule has 6 rings (SSSR count). The molecule has 7 heteroatoms. The van der Waals surface area contributed by atoms with E-state index in [-0.39, 0.29) is 33.6 Å². The molecule has 0 saturated carbocycles. The number of nitrogens with zero attached hydrogens (tertiary/aromatic N) is 3. The molecule has 1 atom stereocenters. The lowest BCUT2D eigenvalue weighted by Crippen LogP contribution is -3.00. The number of halogens is 1. The number of hydrogen-bond donors (Lipinski definition) is 0. The van der Waals surface area contributed by atoms with Crippen LogP contribution < -0.4 is 21.5 Å². The van der Waals surface area contributed by atoms with Crippen molar-refractivity contribution in [3.05, 3.63) is 119 Å². The van der Waals surface area contributed by atoms with Crippen molar-refractivity contribution in [3.8, 4) is 0 Å². The van der Waals surface area contributed by atoms with Crippen LogP contribution in [0.25, 0.3) is 33.0 Å². The van der Waals surface area contributed by atoms with Gasteiger partial charge in [0.25, 0.3) is 5.69 Å². The Morgan fingerprint density at radius 3 is 2.43 bits per heavy atom. The molecule has 0 bridgehead atoms. The standard InChI is InChI=1S/C28H22N3O3.BrH/c1-19(21-12-15-28-24(16-21)23-6-2-5-9-27(23)34-28)30-18-29(25-7-3-4-8-26(25)30)17-20-10-13-22(14-11-20)31(32)33;/h2-16,18-19H,17H2,1H3;1H/q+1;/p-1. The summed E-state index contributed by atoms with van der Waals surface area (Å²) in [5, 5.41) is 13.2. The molecule has 0 fully saturated rings. The number of nitro groups is 1. The van der Waals surface area contributed by atoms with E-state index in [0.717, 1.165) is 38.5 Å². The quantitative estimate of drug-likeness (QED) is 0.196. The molecule has 0 spiro atoms. The molecular formula is C28H22BrN3O3. The maximum absolute atomic E-state index is 11.0. The van der Waals surface area contributed by atoms with Crippen LogP contribution in [0.3, 0.4) is 0 Å². The van der Waals surface area contributed by atoms with Crippen molar-refractivity contribution in [2.75, 3.05) is 0 Å². The van der Waals surface area contributed by atoms with Crippen LogP contribution in [-0.2, 0) is 6.54 Å². The average Bonchev–Trinajstić information content (AvgIpc) is 3.42. The molecule has 174 valence electrons. The van der Waals surface area contributed by atoms with Crippen molar-refractivity contribution in [1.29, 1.82) is 0 Å². The lowest BCUT2D eigenvalue weighted by Gasteiger charge is -2.09. The van der Waals surface area contributed by atoms with E-state index in [2.05, 4.69) is 64.8 Å². The molecule has 4 aromatic carbocycles. The van der Waals surface area contributed by atoms with Gasteiger partial charge in [-0.3, -0.25) is 10.1 Å². The molecule has 35 heavy (non-hydrogen) atoms. The van der Waals surface area contributed by atoms with Crippen LogP contribution in [-0.4, -0.2) is 9.49 Å². The number of benzene rings is 4.